The van der Waals surface area contributed by atoms with Gasteiger partial charge in [0.2, 0.25) is 5.91 Å². The largest absolute Gasteiger partial charge is 0.481 e. The van der Waals surface area contributed by atoms with Gasteiger partial charge in [-0.2, -0.15) is 0 Å². The van der Waals surface area contributed by atoms with Crippen LogP contribution in [0, 0.1) is 5.92 Å². The molecule has 1 amide bonds. The van der Waals surface area contributed by atoms with Gasteiger partial charge in [-0.3, -0.25) is 9.59 Å². The van der Waals surface area contributed by atoms with Gasteiger partial charge in [-0.15, -0.1) is 0 Å². The van der Waals surface area contributed by atoms with Crippen LogP contribution in [-0.4, -0.2) is 35.0 Å². The maximum Gasteiger partial charge on any atom is 0.306 e. The van der Waals surface area contributed by atoms with Crippen molar-refractivity contribution in [2.75, 3.05) is 13.1 Å². The molecule has 0 radical (unpaired) electrons. The van der Waals surface area contributed by atoms with Crippen LogP contribution in [-0.2, 0) is 9.59 Å². The molecular formula is C9H15NO3. The first-order chi connectivity index (χ1) is 6.11. The Morgan fingerprint density at radius 1 is 1.31 bits per heavy atom. The number of carboxylic acids is 1. The smallest absolute Gasteiger partial charge is 0.306 e. The minimum Gasteiger partial charge on any atom is -0.481 e. The van der Waals surface area contributed by atoms with E-state index in [2.05, 4.69) is 0 Å². The molecule has 0 aromatic carbocycles. The van der Waals surface area contributed by atoms with Crippen LogP contribution in [0.25, 0.3) is 0 Å². The van der Waals surface area contributed by atoms with E-state index >= 15 is 0 Å². The highest BCUT2D eigenvalue weighted by Gasteiger charge is 2.22. The third kappa shape index (κ3) is 2.72. The zero-order chi connectivity index (χ0) is 9.84. The predicted octanol–water partition coefficient (Wildman–Crippen LogP) is 0.720. The number of carbonyl (C=O) groups excluding carboxylic acids is 1. The molecule has 1 N–H and O–H groups in total. The maximum atomic E-state index is 11.0. The van der Waals surface area contributed by atoms with E-state index in [9.17, 15) is 9.59 Å². The van der Waals surface area contributed by atoms with Gasteiger partial charge in [-0.05, 0) is 19.3 Å². The normalized spacial score (nSPS) is 23.8. The molecule has 1 aliphatic heterocycles. The number of nitrogens with zero attached hydrogens (tertiary/aromatic N) is 1. The standard InChI is InChI=1S/C9H15NO3/c1-7(11)10-5-2-3-8(4-6-10)9(12)13/h8H,2-6H2,1H3,(H,12,13)/t8-/m0/s1. The van der Waals surface area contributed by atoms with Crippen molar-refractivity contribution in [1.29, 1.82) is 0 Å². The number of amides is 1. The third-order valence-electron chi connectivity index (χ3n) is 2.52. The molecule has 0 aromatic heterocycles. The number of hydrogen-bond acceptors (Lipinski definition) is 2. The monoisotopic (exact) mass is 185 g/mol. The molecule has 1 fully saturated rings. The Labute approximate surface area is 77.5 Å². The molecule has 0 unspecified atom stereocenters. The second kappa shape index (κ2) is 4.25. The molecule has 1 heterocycles. The topological polar surface area (TPSA) is 57.6 Å². The highest BCUT2D eigenvalue weighted by atomic mass is 16.4. The summed E-state index contributed by atoms with van der Waals surface area (Å²) in [6.07, 6.45) is 2.09. The first-order valence-electron chi connectivity index (χ1n) is 4.59. The fraction of sp³-hybridized carbons (Fsp3) is 0.778. The van der Waals surface area contributed by atoms with Crippen LogP contribution in [0.15, 0.2) is 0 Å². The van der Waals surface area contributed by atoms with Crippen LogP contribution < -0.4 is 0 Å². The third-order valence-corrected chi connectivity index (χ3v) is 2.52. The summed E-state index contributed by atoms with van der Waals surface area (Å²) in [4.78, 5) is 23.4. The van der Waals surface area contributed by atoms with E-state index < -0.39 is 5.97 Å². The molecule has 0 saturated carbocycles. The summed E-state index contributed by atoms with van der Waals surface area (Å²) in [5.41, 5.74) is 0. The van der Waals surface area contributed by atoms with Crippen molar-refractivity contribution < 1.29 is 14.7 Å². The molecule has 4 nitrogen and oxygen atoms in total. The molecule has 1 atom stereocenters. The lowest BCUT2D eigenvalue weighted by Crippen LogP contribution is -2.29. The van der Waals surface area contributed by atoms with Gasteiger partial charge < -0.3 is 10.0 Å². The van der Waals surface area contributed by atoms with E-state index in [1.807, 2.05) is 0 Å². The second-order valence-electron chi connectivity index (χ2n) is 3.47. The average Bonchev–Trinajstić information content (AvgIpc) is 2.27. The Morgan fingerprint density at radius 2 is 2.00 bits per heavy atom. The number of carboxylic acid groups (broad SMARTS) is 1. The van der Waals surface area contributed by atoms with Crippen molar-refractivity contribution in [1.82, 2.24) is 4.90 Å². The lowest BCUT2D eigenvalue weighted by Gasteiger charge is -2.17. The quantitative estimate of drug-likeness (QED) is 0.654. The minimum atomic E-state index is -0.731. The van der Waals surface area contributed by atoms with Crippen LogP contribution in [0.3, 0.4) is 0 Å². The molecular weight excluding hydrogens is 170 g/mol. The summed E-state index contributed by atoms with van der Waals surface area (Å²) in [6, 6.07) is 0. The van der Waals surface area contributed by atoms with Crippen LogP contribution in [0.4, 0.5) is 0 Å². The molecule has 74 valence electrons. The number of rotatable bonds is 1. The van der Waals surface area contributed by atoms with Crippen LogP contribution in [0.2, 0.25) is 0 Å². The van der Waals surface area contributed by atoms with E-state index in [0.717, 1.165) is 6.42 Å². The zero-order valence-corrected chi connectivity index (χ0v) is 7.82. The molecule has 1 saturated heterocycles. The fourth-order valence-electron chi connectivity index (χ4n) is 1.66. The van der Waals surface area contributed by atoms with Gasteiger partial charge in [0.15, 0.2) is 0 Å². The van der Waals surface area contributed by atoms with Gasteiger partial charge in [-0.1, -0.05) is 0 Å². The molecule has 1 rings (SSSR count). The molecule has 0 aromatic rings. The molecule has 13 heavy (non-hydrogen) atoms. The molecule has 0 spiro atoms. The Bertz CT molecular complexity index is 193. The van der Waals surface area contributed by atoms with Crippen molar-refractivity contribution in [3.05, 3.63) is 0 Å². The summed E-state index contributed by atoms with van der Waals surface area (Å²) in [5, 5.41) is 8.78. The van der Waals surface area contributed by atoms with Crippen LogP contribution in [0.5, 0.6) is 0 Å². The van der Waals surface area contributed by atoms with Crippen molar-refractivity contribution in [2.45, 2.75) is 26.2 Å². The van der Waals surface area contributed by atoms with Crippen LogP contribution in [0.1, 0.15) is 26.2 Å². The highest BCUT2D eigenvalue weighted by Crippen LogP contribution is 2.17. The van der Waals surface area contributed by atoms with Crippen molar-refractivity contribution >= 4 is 11.9 Å². The van der Waals surface area contributed by atoms with Gasteiger partial charge in [0.1, 0.15) is 0 Å². The summed E-state index contributed by atoms with van der Waals surface area (Å²) in [6.45, 7) is 2.83. The van der Waals surface area contributed by atoms with E-state index in [-0.39, 0.29) is 11.8 Å². The molecule has 4 heteroatoms. The lowest BCUT2D eigenvalue weighted by molar-refractivity contribution is -0.142. The van der Waals surface area contributed by atoms with Crippen molar-refractivity contribution in [3.63, 3.8) is 0 Å². The second-order valence-corrected chi connectivity index (χ2v) is 3.47. The summed E-state index contributed by atoms with van der Waals surface area (Å²) in [5.74, 6) is -0.944. The van der Waals surface area contributed by atoms with Gasteiger partial charge in [-0.25, -0.2) is 0 Å². The first-order valence-corrected chi connectivity index (χ1v) is 4.59. The van der Waals surface area contributed by atoms with Crippen LogP contribution >= 0.6 is 0 Å². The lowest BCUT2D eigenvalue weighted by atomic mass is 10.0. The molecule has 0 bridgehead atoms. The van der Waals surface area contributed by atoms with Crippen molar-refractivity contribution in [2.24, 2.45) is 5.92 Å². The highest BCUT2D eigenvalue weighted by molar-refractivity contribution is 5.73. The number of aliphatic carboxylic acids is 1. The first kappa shape index (κ1) is 10.0. The summed E-state index contributed by atoms with van der Waals surface area (Å²) in [7, 11) is 0. The summed E-state index contributed by atoms with van der Waals surface area (Å²) >= 11 is 0. The number of likely N-dealkylation sites (tertiary alicyclic amines) is 1. The predicted molar refractivity (Wildman–Crippen MR) is 47.2 cm³/mol. The Balaban J connectivity index is 2.48. The van der Waals surface area contributed by atoms with E-state index in [0.29, 0.717) is 25.9 Å². The van der Waals surface area contributed by atoms with E-state index in [4.69, 9.17) is 5.11 Å². The van der Waals surface area contributed by atoms with E-state index in [1.165, 1.54) is 6.92 Å². The average molecular weight is 185 g/mol. The van der Waals surface area contributed by atoms with E-state index in [1.54, 1.807) is 4.90 Å². The Kier molecular flexibility index (Phi) is 3.28. The fourth-order valence-corrected chi connectivity index (χ4v) is 1.66. The van der Waals surface area contributed by atoms with Gasteiger partial charge in [0.25, 0.3) is 0 Å². The zero-order valence-electron chi connectivity index (χ0n) is 7.82. The SMILES string of the molecule is CC(=O)N1CCC[C@H](C(=O)O)CC1. The maximum absolute atomic E-state index is 11.0. The van der Waals surface area contributed by atoms with Crippen molar-refractivity contribution in [3.8, 4) is 0 Å². The minimum absolute atomic E-state index is 0.0473. The Morgan fingerprint density at radius 3 is 2.54 bits per heavy atom. The van der Waals surface area contributed by atoms with Gasteiger partial charge in [0.05, 0.1) is 5.92 Å². The van der Waals surface area contributed by atoms with Gasteiger partial charge in [0, 0.05) is 20.0 Å². The molecule has 1 aliphatic rings. The number of carbonyl (C=O) groups is 2. The Hall–Kier alpha value is -1.06. The number of hydrogen-bond donors (Lipinski definition) is 1. The molecule has 0 aliphatic carbocycles. The summed E-state index contributed by atoms with van der Waals surface area (Å²) < 4.78 is 0. The van der Waals surface area contributed by atoms with Gasteiger partial charge >= 0.3 is 5.97 Å².